The fraction of sp³-hybridized carbons (Fsp3) is 0.333. The Morgan fingerprint density at radius 2 is 1.79 bits per heavy atom. The second kappa shape index (κ2) is 7.57. The van der Waals surface area contributed by atoms with Crippen LogP contribution in [0.5, 0.6) is 0 Å². The first-order valence-corrected chi connectivity index (χ1v) is 8.58. The number of hydrogen-bond donors (Lipinski definition) is 1. The van der Waals surface area contributed by atoms with E-state index in [0.717, 1.165) is 17.7 Å². The van der Waals surface area contributed by atoms with Crippen LogP contribution in [0.1, 0.15) is 24.3 Å². The zero-order valence-corrected chi connectivity index (χ0v) is 15.4. The highest BCUT2D eigenvalue weighted by atomic mass is 35.5. The molecule has 1 N–H and O–H groups in total. The normalized spacial score (nSPS) is 22.7. The quantitative estimate of drug-likeness (QED) is 0.549. The van der Waals surface area contributed by atoms with Gasteiger partial charge in [-0.15, -0.1) is 0 Å². The van der Waals surface area contributed by atoms with Crippen LogP contribution in [0.2, 0.25) is 5.02 Å². The third-order valence-corrected chi connectivity index (χ3v) is 4.46. The lowest BCUT2D eigenvalue weighted by Gasteiger charge is -2.38. The Bertz CT molecular complexity index is 866. The van der Waals surface area contributed by atoms with E-state index < -0.39 is 34.2 Å². The highest BCUT2D eigenvalue weighted by Crippen LogP contribution is 2.37. The smallest absolute Gasteiger partial charge is 0.370 e. The number of hydrogen-bond acceptors (Lipinski definition) is 5. The van der Waals surface area contributed by atoms with E-state index in [1.807, 2.05) is 0 Å². The molecule has 0 spiro atoms. The van der Waals surface area contributed by atoms with Crippen molar-refractivity contribution >= 4 is 23.0 Å². The number of nitro benzene ring substituents is 1. The van der Waals surface area contributed by atoms with Gasteiger partial charge in [-0.1, -0.05) is 23.7 Å². The molecule has 0 atom stereocenters. The molecule has 0 unspecified atom stereocenters. The van der Waals surface area contributed by atoms with E-state index in [4.69, 9.17) is 21.1 Å². The summed E-state index contributed by atoms with van der Waals surface area (Å²) in [5.74, 6) is 0. The molecule has 1 aliphatic rings. The number of anilines is 1. The van der Waals surface area contributed by atoms with Gasteiger partial charge in [0.15, 0.2) is 6.29 Å². The van der Waals surface area contributed by atoms with Gasteiger partial charge in [-0.05, 0) is 31.2 Å². The standard InChI is InChI=1S/C18H16ClF3N2O4/c1-17(9-27-16(28-10-17)11-2-5-13(19)6-3-11)23-14-7-4-12(18(20,21)22)8-15(14)24(25)26/h2-8,16,23H,9-10H2,1H3. The molecule has 0 aromatic heterocycles. The Morgan fingerprint density at radius 3 is 2.32 bits per heavy atom. The van der Waals surface area contributed by atoms with Gasteiger partial charge < -0.3 is 14.8 Å². The van der Waals surface area contributed by atoms with Gasteiger partial charge in [0.05, 0.1) is 29.2 Å². The molecule has 0 bridgehead atoms. The van der Waals surface area contributed by atoms with Gasteiger partial charge in [0.25, 0.3) is 5.69 Å². The molecule has 28 heavy (non-hydrogen) atoms. The number of nitro groups is 1. The molecule has 6 nitrogen and oxygen atoms in total. The van der Waals surface area contributed by atoms with Crippen molar-refractivity contribution in [3.05, 3.63) is 68.7 Å². The maximum absolute atomic E-state index is 12.8. The van der Waals surface area contributed by atoms with E-state index >= 15 is 0 Å². The molecule has 1 heterocycles. The zero-order valence-electron chi connectivity index (χ0n) is 14.6. The lowest BCUT2D eigenvalue weighted by atomic mass is 10.0. The Morgan fingerprint density at radius 1 is 1.18 bits per heavy atom. The summed E-state index contributed by atoms with van der Waals surface area (Å²) in [5.41, 5.74) is -1.91. The molecule has 150 valence electrons. The van der Waals surface area contributed by atoms with Gasteiger partial charge in [-0.3, -0.25) is 10.1 Å². The van der Waals surface area contributed by atoms with E-state index in [9.17, 15) is 23.3 Å². The summed E-state index contributed by atoms with van der Waals surface area (Å²) in [7, 11) is 0. The Balaban J connectivity index is 1.75. The molecule has 0 amide bonds. The molecule has 0 saturated carbocycles. The van der Waals surface area contributed by atoms with Gasteiger partial charge >= 0.3 is 6.18 Å². The Kier molecular flexibility index (Phi) is 5.51. The van der Waals surface area contributed by atoms with Crippen LogP contribution in [-0.4, -0.2) is 23.7 Å². The largest absolute Gasteiger partial charge is 0.416 e. The highest BCUT2D eigenvalue weighted by Gasteiger charge is 2.37. The Hall–Kier alpha value is -2.36. The number of halogens is 4. The third-order valence-electron chi connectivity index (χ3n) is 4.21. The average molecular weight is 417 g/mol. The first-order valence-electron chi connectivity index (χ1n) is 8.20. The fourth-order valence-electron chi connectivity index (χ4n) is 2.78. The Labute approximate surface area is 163 Å². The maximum Gasteiger partial charge on any atom is 0.416 e. The van der Waals surface area contributed by atoms with Crippen molar-refractivity contribution in [3.63, 3.8) is 0 Å². The van der Waals surface area contributed by atoms with Crippen LogP contribution in [0.25, 0.3) is 0 Å². The van der Waals surface area contributed by atoms with Gasteiger partial charge in [0, 0.05) is 16.7 Å². The summed E-state index contributed by atoms with van der Waals surface area (Å²) in [6, 6.07) is 9.24. The number of alkyl halides is 3. The second-order valence-corrected chi connectivity index (χ2v) is 7.11. The van der Waals surface area contributed by atoms with Crippen molar-refractivity contribution in [1.82, 2.24) is 0 Å². The highest BCUT2D eigenvalue weighted by molar-refractivity contribution is 6.30. The third kappa shape index (κ3) is 4.54. The van der Waals surface area contributed by atoms with Crippen molar-refractivity contribution in [2.75, 3.05) is 18.5 Å². The minimum Gasteiger partial charge on any atom is -0.370 e. The van der Waals surface area contributed by atoms with Crippen molar-refractivity contribution in [1.29, 1.82) is 0 Å². The van der Waals surface area contributed by atoms with Gasteiger partial charge in [-0.25, -0.2) is 0 Å². The molecule has 2 aromatic rings. The van der Waals surface area contributed by atoms with Crippen LogP contribution in [-0.2, 0) is 15.7 Å². The summed E-state index contributed by atoms with van der Waals surface area (Å²) < 4.78 is 49.9. The molecule has 2 aromatic carbocycles. The zero-order chi connectivity index (χ0) is 20.5. The molecule has 0 radical (unpaired) electrons. The topological polar surface area (TPSA) is 73.6 Å². The van der Waals surface area contributed by atoms with Crippen LogP contribution in [0.4, 0.5) is 24.5 Å². The van der Waals surface area contributed by atoms with Crippen LogP contribution < -0.4 is 5.32 Å². The van der Waals surface area contributed by atoms with Crippen molar-refractivity contribution in [3.8, 4) is 0 Å². The summed E-state index contributed by atoms with van der Waals surface area (Å²) in [4.78, 5) is 10.4. The molecule has 1 saturated heterocycles. The monoisotopic (exact) mass is 416 g/mol. The van der Waals surface area contributed by atoms with Crippen molar-refractivity contribution in [2.24, 2.45) is 0 Å². The van der Waals surface area contributed by atoms with Gasteiger partial charge in [0.2, 0.25) is 0 Å². The van der Waals surface area contributed by atoms with Crippen LogP contribution in [0, 0.1) is 10.1 Å². The van der Waals surface area contributed by atoms with E-state index in [1.54, 1.807) is 31.2 Å². The van der Waals surface area contributed by atoms with Crippen LogP contribution in [0.3, 0.4) is 0 Å². The van der Waals surface area contributed by atoms with Gasteiger partial charge in [-0.2, -0.15) is 13.2 Å². The number of nitrogens with one attached hydrogen (secondary N) is 1. The predicted molar refractivity (Wildman–Crippen MR) is 96.2 cm³/mol. The lowest BCUT2D eigenvalue weighted by Crippen LogP contribution is -2.48. The SMILES string of the molecule is CC1(Nc2ccc(C(F)(F)F)cc2[N+](=O)[O-])COC(c2ccc(Cl)cc2)OC1. The lowest BCUT2D eigenvalue weighted by molar-refractivity contribution is -0.384. The molecule has 10 heteroatoms. The predicted octanol–water partition coefficient (Wildman–Crippen LogP) is 5.18. The minimum absolute atomic E-state index is 0.0438. The number of ether oxygens (including phenoxy) is 2. The number of benzene rings is 2. The van der Waals surface area contributed by atoms with Crippen molar-refractivity contribution in [2.45, 2.75) is 24.9 Å². The number of rotatable bonds is 4. The maximum atomic E-state index is 12.8. The molecule has 1 aliphatic heterocycles. The average Bonchev–Trinajstić information content (AvgIpc) is 2.62. The molecule has 1 fully saturated rings. The summed E-state index contributed by atoms with van der Waals surface area (Å²) in [6.07, 6.45) is -5.30. The summed E-state index contributed by atoms with van der Waals surface area (Å²) in [5, 5.41) is 14.7. The molecule has 0 aliphatic carbocycles. The molecular formula is C18H16ClF3N2O4. The van der Waals surface area contributed by atoms with E-state index in [0.29, 0.717) is 11.1 Å². The summed E-state index contributed by atoms with van der Waals surface area (Å²) in [6.45, 7) is 1.95. The van der Waals surface area contributed by atoms with E-state index in [2.05, 4.69) is 5.32 Å². The van der Waals surface area contributed by atoms with Crippen LogP contribution in [0.15, 0.2) is 42.5 Å². The number of nitrogens with zero attached hydrogens (tertiary/aromatic N) is 1. The van der Waals surface area contributed by atoms with E-state index in [-0.39, 0.29) is 18.9 Å². The van der Waals surface area contributed by atoms with E-state index in [1.165, 1.54) is 0 Å². The first-order chi connectivity index (χ1) is 13.1. The second-order valence-electron chi connectivity index (χ2n) is 6.68. The summed E-state index contributed by atoms with van der Waals surface area (Å²) >= 11 is 5.85. The van der Waals surface area contributed by atoms with Crippen molar-refractivity contribution < 1.29 is 27.6 Å². The van der Waals surface area contributed by atoms with Gasteiger partial charge in [0.1, 0.15) is 5.69 Å². The van der Waals surface area contributed by atoms with Crippen LogP contribution >= 0.6 is 11.6 Å². The molecular weight excluding hydrogens is 401 g/mol. The fourth-order valence-corrected chi connectivity index (χ4v) is 2.91. The minimum atomic E-state index is -4.67. The first kappa shape index (κ1) is 20.4. The molecule has 3 rings (SSSR count).